The lowest BCUT2D eigenvalue weighted by atomic mass is 10.1. The molecular formula is C14H20N2O3. The van der Waals surface area contributed by atoms with Crippen molar-refractivity contribution >= 4 is 17.3 Å². The van der Waals surface area contributed by atoms with Crippen LogP contribution in [0, 0.1) is 0 Å². The Kier molecular flexibility index (Phi) is 3.95. The van der Waals surface area contributed by atoms with Gasteiger partial charge in [-0.05, 0) is 32.0 Å². The zero-order valence-corrected chi connectivity index (χ0v) is 11.6. The predicted molar refractivity (Wildman–Crippen MR) is 74.4 cm³/mol. The summed E-state index contributed by atoms with van der Waals surface area (Å²) >= 11 is 0. The number of methoxy groups -OCH3 is 1. The fraction of sp³-hybridized carbons (Fsp3) is 0.500. The van der Waals surface area contributed by atoms with Crippen molar-refractivity contribution in [1.82, 2.24) is 0 Å². The fourth-order valence-corrected chi connectivity index (χ4v) is 2.46. The molecule has 19 heavy (non-hydrogen) atoms. The number of carbonyl (C=O) groups is 1. The number of hydrogen-bond donors (Lipinski definition) is 1. The molecule has 1 heterocycles. The zero-order chi connectivity index (χ0) is 14.0. The third-order valence-corrected chi connectivity index (χ3v) is 3.21. The SMILES string of the molecule is COC(=O)c1ccc(N2C[C@@H](C)O[C@H](C)C2)c(N)c1. The van der Waals surface area contributed by atoms with Crippen LogP contribution in [0.1, 0.15) is 24.2 Å². The lowest BCUT2D eigenvalue weighted by Crippen LogP contribution is -2.45. The van der Waals surface area contributed by atoms with Gasteiger partial charge in [-0.1, -0.05) is 0 Å². The van der Waals surface area contributed by atoms with E-state index in [1.54, 1.807) is 12.1 Å². The van der Waals surface area contributed by atoms with Crippen LogP contribution in [0.2, 0.25) is 0 Å². The summed E-state index contributed by atoms with van der Waals surface area (Å²) in [7, 11) is 1.36. The second-order valence-electron chi connectivity index (χ2n) is 4.93. The Labute approximate surface area is 113 Å². The Hall–Kier alpha value is -1.75. The van der Waals surface area contributed by atoms with E-state index in [9.17, 15) is 4.79 Å². The Bertz CT molecular complexity index is 466. The van der Waals surface area contributed by atoms with E-state index in [0.29, 0.717) is 11.3 Å². The van der Waals surface area contributed by atoms with Crippen LogP contribution in [-0.4, -0.2) is 38.4 Å². The number of benzene rings is 1. The van der Waals surface area contributed by atoms with Gasteiger partial charge in [0, 0.05) is 13.1 Å². The van der Waals surface area contributed by atoms with Crippen LogP contribution in [-0.2, 0) is 9.47 Å². The standard InChI is InChI=1S/C14H20N2O3/c1-9-7-16(8-10(2)19-9)13-5-4-11(6-12(13)15)14(17)18-3/h4-6,9-10H,7-8,15H2,1-3H3/t9-,10-/m1/s1. The zero-order valence-electron chi connectivity index (χ0n) is 11.6. The first kappa shape index (κ1) is 13.7. The van der Waals surface area contributed by atoms with E-state index < -0.39 is 0 Å². The summed E-state index contributed by atoms with van der Waals surface area (Å²) in [4.78, 5) is 13.6. The van der Waals surface area contributed by atoms with Crippen molar-refractivity contribution in [2.24, 2.45) is 0 Å². The molecule has 0 aliphatic carbocycles. The van der Waals surface area contributed by atoms with Crippen LogP contribution in [0.3, 0.4) is 0 Å². The highest BCUT2D eigenvalue weighted by molar-refractivity contribution is 5.92. The molecule has 0 saturated carbocycles. The third-order valence-electron chi connectivity index (χ3n) is 3.21. The van der Waals surface area contributed by atoms with Crippen molar-refractivity contribution in [1.29, 1.82) is 0 Å². The summed E-state index contributed by atoms with van der Waals surface area (Å²) in [5.74, 6) is -0.373. The molecule has 2 N–H and O–H groups in total. The molecule has 2 atom stereocenters. The van der Waals surface area contributed by atoms with Gasteiger partial charge < -0.3 is 20.1 Å². The van der Waals surface area contributed by atoms with Gasteiger partial charge >= 0.3 is 5.97 Å². The Morgan fingerprint density at radius 2 is 2.00 bits per heavy atom. The van der Waals surface area contributed by atoms with Gasteiger partial charge in [0.1, 0.15) is 0 Å². The quantitative estimate of drug-likeness (QED) is 0.650. The molecule has 1 saturated heterocycles. The smallest absolute Gasteiger partial charge is 0.337 e. The molecule has 1 aliphatic heterocycles. The van der Waals surface area contributed by atoms with Crippen LogP contribution >= 0.6 is 0 Å². The summed E-state index contributed by atoms with van der Waals surface area (Å²) in [6, 6.07) is 5.26. The van der Waals surface area contributed by atoms with Crippen molar-refractivity contribution in [3.8, 4) is 0 Å². The van der Waals surface area contributed by atoms with E-state index in [1.807, 2.05) is 19.9 Å². The van der Waals surface area contributed by atoms with Gasteiger partial charge in [0.15, 0.2) is 0 Å². The molecule has 5 heteroatoms. The highest BCUT2D eigenvalue weighted by atomic mass is 16.5. The minimum absolute atomic E-state index is 0.170. The van der Waals surface area contributed by atoms with E-state index in [-0.39, 0.29) is 18.2 Å². The second kappa shape index (κ2) is 5.48. The number of nitrogens with zero attached hydrogens (tertiary/aromatic N) is 1. The lowest BCUT2D eigenvalue weighted by Gasteiger charge is -2.37. The highest BCUT2D eigenvalue weighted by Crippen LogP contribution is 2.27. The van der Waals surface area contributed by atoms with Gasteiger partial charge in [-0.3, -0.25) is 0 Å². The van der Waals surface area contributed by atoms with E-state index in [1.165, 1.54) is 7.11 Å². The molecule has 0 bridgehead atoms. The number of morpholine rings is 1. The Balaban J connectivity index is 2.23. The molecule has 5 nitrogen and oxygen atoms in total. The van der Waals surface area contributed by atoms with Crippen LogP contribution < -0.4 is 10.6 Å². The predicted octanol–water partition coefficient (Wildman–Crippen LogP) is 1.67. The number of ether oxygens (including phenoxy) is 2. The van der Waals surface area contributed by atoms with Crippen LogP contribution in [0.4, 0.5) is 11.4 Å². The molecular weight excluding hydrogens is 244 g/mol. The summed E-state index contributed by atoms with van der Waals surface area (Å²) in [5.41, 5.74) is 8.04. The number of hydrogen-bond acceptors (Lipinski definition) is 5. The summed E-state index contributed by atoms with van der Waals surface area (Å²) < 4.78 is 10.4. The van der Waals surface area contributed by atoms with Gasteiger partial charge in [-0.25, -0.2) is 4.79 Å². The van der Waals surface area contributed by atoms with Gasteiger partial charge in [0.25, 0.3) is 0 Å². The molecule has 0 aromatic heterocycles. The van der Waals surface area contributed by atoms with Crippen LogP contribution in [0.25, 0.3) is 0 Å². The van der Waals surface area contributed by atoms with E-state index in [4.69, 9.17) is 10.5 Å². The molecule has 1 aromatic carbocycles. The molecule has 0 spiro atoms. The first-order chi connectivity index (χ1) is 9.01. The molecule has 1 aromatic rings. The maximum Gasteiger partial charge on any atom is 0.337 e. The minimum atomic E-state index is -0.373. The minimum Gasteiger partial charge on any atom is -0.465 e. The van der Waals surface area contributed by atoms with Crippen molar-refractivity contribution in [3.05, 3.63) is 23.8 Å². The number of rotatable bonds is 2. The Morgan fingerprint density at radius 1 is 1.37 bits per heavy atom. The average Bonchev–Trinajstić information content (AvgIpc) is 2.36. The molecule has 0 unspecified atom stereocenters. The van der Waals surface area contributed by atoms with Gasteiger partial charge in [-0.15, -0.1) is 0 Å². The lowest BCUT2D eigenvalue weighted by molar-refractivity contribution is -0.00517. The van der Waals surface area contributed by atoms with E-state index in [0.717, 1.165) is 18.8 Å². The summed E-state index contributed by atoms with van der Waals surface area (Å²) in [6.07, 6.45) is 0.340. The monoisotopic (exact) mass is 264 g/mol. The van der Waals surface area contributed by atoms with Crippen molar-refractivity contribution in [3.63, 3.8) is 0 Å². The number of nitrogens with two attached hydrogens (primary N) is 1. The van der Waals surface area contributed by atoms with Crippen molar-refractivity contribution < 1.29 is 14.3 Å². The fourth-order valence-electron chi connectivity index (χ4n) is 2.46. The summed E-state index contributed by atoms with van der Waals surface area (Å²) in [6.45, 7) is 5.68. The van der Waals surface area contributed by atoms with E-state index in [2.05, 4.69) is 9.64 Å². The van der Waals surface area contributed by atoms with Gasteiger partial charge in [0.05, 0.1) is 36.3 Å². The van der Waals surface area contributed by atoms with Gasteiger partial charge in [0.2, 0.25) is 0 Å². The second-order valence-corrected chi connectivity index (χ2v) is 4.93. The normalized spacial score (nSPS) is 23.2. The summed E-state index contributed by atoms with van der Waals surface area (Å²) in [5, 5.41) is 0. The molecule has 1 aliphatic rings. The molecule has 1 fully saturated rings. The largest absolute Gasteiger partial charge is 0.465 e. The number of anilines is 2. The van der Waals surface area contributed by atoms with E-state index >= 15 is 0 Å². The topological polar surface area (TPSA) is 64.8 Å². The maximum absolute atomic E-state index is 11.4. The highest BCUT2D eigenvalue weighted by Gasteiger charge is 2.23. The number of carbonyl (C=O) groups excluding carboxylic acids is 1. The average molecular weight is 264 g/mol. The van der Waals surface area contributed by atoms with Gasteiger partial charge in [-0.2, -0.15) is 0 Å². The van der Waals surface area contributed by atoms with Crippen LogP contribution in [0.15, 0.2) is 18.2 Å². The van der Waals surface area contributed by atoms with Crippen molar-refractivity contribution in [2.45, 2.75) is 26.1 Å². The molecule has 0 amide bonds. The molecule has 2 rings (SSSR count). The van der Waals surface area contributed by atoms with Crippen LogP contribution in [0.5, 0.6) is 0 Å². The number of esters is 1. The number of nitrogen functional groups attached to an aromatic ring is 1. The van der Waals surface area contributed by atoms with Crippen molar-refractivity contribution in [2.75, 3.05) is 30.8 Å². The Morgan fingerprint density at radius 3 is 2.53 bits per heavy atom. The molecule has 104 valence electrons. The maximum atomic E-state index is 11.4. The third kappa shape index (κ3) is 2.98. The first-order valence-corrected chi connectivity index (χ1v) is 6.39. The first-order valence-electron chi connectivity index (χ1n) is 6.39. The molecule has 0 radical (unpaired) electrons.